The molecule has 0 saturated carbocycles. The number of tetrazole rings is 1. The Bertz CT molecular complexity index is 1340. The summed E-state index contributed by atoms with van der Waals surface area (Å²) in [5.41, 5.74) is 3.90. The number of amides is 2. The highest BCUT2D eigenvalue weighted by atomic mass is 16.6. The fraction of sp³-hybridized carbons (Fsp3) is 0.448. The summed E-state index contributed by atoms with van der Waals surface area (Å²) in [5, 5.41) is 26.6. The second kappa shape index (κ2) is 12.8. The van der Waals surface area contributed by atoms with Gasteiger partial charge in [-0.1, -0.05) is 48.5 Å². The van der Waals surface area contributed by atoms with E-state index in [9.17, 15) is 19.5 Å². The van der Waals surface area contributed by atoms with E-state index in [1.807, 2.05) is 24.3 Å². The molecule has 0 radical (unpaired) electrons. The van der Waals surface area contributed by atoms with Crippen LogP contribution < -0.4 is 10.6 Å². The lowest BCUT2D eigenvalue weighted by molar-refractivity contribution is -0.141. The minimum Gasteiger partial charge on any atom is -0.480 e. The van der Waals surface area contributed by atoms with E-state index >= 15 is 0 Å². The van der Waals surface area contributed by atoms with Gasteiger partial charge in [0.05, 0.1) is 6.04 Å². The molecule has 218 valence electrons. The molecule has 41 heavy (non-hydrogen) atoms. The molecule has 1 aromatic heterocycles. The average molecular weight is 565 g/mol. The molecule has 0 fully saturated rings. The van der Waals surface area contributed by atoms with E-state index in [1.165, 1.54) is 4.68 Å². The lowest BCUT2D eigenvalue weighted by Gasteiger charge is -2.22. The van der Waals surface area contributed by atoms with Crippen LogP contribution in [-0.4, -0.2) is 62.2 Å². The van der Waals surface area contributed by atoms with E-state index in [4.69, 9.17) is 9.47 Å². The Balaban J connectivity index is 1.24. The van der Waals surface area contributed by atoms with E-state index in [0.29, 0.717) is 19.4 Å². The van der Waals surface area contributed by atoms with Crippen molar-refractivity contribution >= 4 is 18.2 Å². The van der Waals surface area contributed by atoms with E-state index in [0.717, 1.165) is 22.3 Å². The maximum atomic E-state index is 12.4. The summed E-state index contributed by atoms with van der Waals surface area (Å²) in [5.74, 6) is -0.935. The third-order valence-corrected chi connectivity index (χ3v) is 6.74. The maximum absolute atomic E-state index is 12.4. The highest BCUT2D eigenvalue weighted by molar-refractivity contribution is 5.79. The number of benzene rings is 2. The van der Waals surface area contributed by atoms with Crippen molar-refractivity contribution in [2.45, 2.75) is 70.6 Å². The summed E-state index contributed by atoms with van der Waals surface area (Å²) >= 11 is 0. The van der Waals surface area contributed by atoms with Gasteiger partial charge >= 0.3 is 18.2 Å². The lowest BCUT2D eigenvalue weighted by atomic mass is 9.98. The van der Waals surface area contributed by atoms with Crippen molar-refractivity contribution in [3.05, 3.63) is 65.5 Å². The predicted molar refractivity (Wildman–Crippen MR) is 149 cm³/mol. The van der Waals surface area contributed by atoms with E-state index in [2.05, 4.69) is 50.4 Å². The third-order valence-electron chi connectivity index (χ3n) is 6.74. The van der Waals surface area contributed by atoms with Crippen molar-refractivity contribution in [3.63, 3.8) is 0 Å². The Kier molecular flexibility index (Phi) is 9.21. The number of carboxylic acid groups (broad SMARTS) is 1. The van der Waals surface area contributed by atoms with Gasteiger partial charge in [0.25, 0.3) is 0 Å². The fourth-order valence-electron chi connectivity index (χ4n) is 4.91. The van der Waals surface area contributed by atoms with Crippen LogP contribution in [0.15, 0.2) is 48.5 Å². The molecule has 2 amide bonds. The second-order valence-electron chi connectivity index (χ2n) is 11.0. The molecule has 0 bridgehead atoms. The summed E-state index contributed by atoms with van der Waals surface area (Å²) in [6.45, 7) is 7.41. The van der Waals surface area contributed by atoms with Gasteiger partial charge in [-0.3, -0.25) is 0 Å². The van der Waals surface area contributed by atoms with Crippen LogP contribution in [0, 0.1) is 0 Å². The Hall–Kier alpha value is -4.48. The molecule has 3 aromatic rings. The van der Waals surface area contributed by atoms with Gasteiger partial charge in [0.1, 0.15) is 12.2 Å². The Morgan fingerprint density at radius 2 is 1.63 bits per heavy atom. The van der Waals surface area contributed by atoms with Gasteiger partial charge < -0.3 is 25.2 Å². The van der Waals surface area contributed by atoms with E-state index < -0.39 is 35.8 Å². The molecule has 3 N–H and O–H groups in total. The number of aromatic nitrogens is 4. The average Bonchev–Trinajstić information content (AvgIpc) is 3.51. The van der Waals surface area contributed by atoms with Crippen LogP contribution in [0.3, 0.4) is 0 Å². The van der Waals surface area contributed by atoms with E-state index in [-0.39, 0.29) is 24.8 Å². The molecule has 1 heterocycles. The molecular weight excluding hydrogens is 528 g/mol. The molecular formula is C29H36N6O6. The van der Waals surface area contributed by atoms with Crippen LogP contribution in [0.4, 0.5) is 9.59 Å². The van der Waals surface area contributed by atoms with Crippen LogP contribution in [0.2, 0.25) is 0 Å². The van der Waals surface area contributed by atoms with E-state index in [1.54, 1.807) is 27.7 Å². The molecule has 4 rings (SSSR count). The largest absolute Gasteiger partial charge is 0.480 e. The number of carboxylic acids is 1. The topological polar surface area (TPSA) is 158 Å². The molecule has 0 saturated heterocycles. The number of alkyl carbamates (subject to hydrolysis) is 2. The first-order valence-corrected chi connectivity index (χ1v) is 13.6. The molecule has 0 aliphatic heterocycles. The highest BCUT2D eigenvalue weighted by Gasteiger charge is 2.30. The number of carbonyl (C=O) groups excluding carboxylic acids is 2. The number of fused-ring (bicyclic) bond motifs is 3. The monoisotopic (exact) mass is 564 g/mol. The number of unbranched alkanes of at least 4 members (excludes halogenated alkanes) is 1. The minimum absolute atomic E-state index is 0.0258. The number of carbonyl (C=O) groups is 3. The van der Waals surface area contributed by atoms with Gasteiger partial charge in [-0.05, 0) is 79.6 Å². The van der Waals surface area contributed by atoms with Gasteiger partial charge in [-0.15, -0.1) is 5.10 Å². The number of hydrogen-bond acceptors (Lipinski definition) is 8. The van der Waals surface area contributed by atoms with Crippen LogP contribution in [0.1, 0.15) is 81.9 Å². The van der Waals surface area contributed by atoms with Crippen LogP contribution in [-0.2, 0) is 14.3 Å². The molecule has 12 nitrogen and oxygen atoms in total. The maximum Gasteiger partial charge on any atom is 0.408 e. The molecule has 1 aliphatic rings. The molecule has 12 heteroatoms. The number of ether oxygens (including phenoxy) is 2. The number of nitrogens with one attached hydrogen (secondary N) is 2. The first-order valence-electron chi connectivity index (χ1n) is 13.6. The summed E-state index contributed by atoms with van der Waals surface area (Å²) in [6, 6.07) is 14.5. The molecule has 0 spiro atoms. The van der Waals surface area contributed by atoms with Crippen molar-refractivity contribution in [2.75, 3.05) is 13.2 Å². The van der Waals surface area contributed by atoms with Gasteiger partial charge in [0, 0.05) is 12.5 Å². The Morgan fingerprint density at radius 1 is 1.00 bits per heavy atom. The number of aliphatic carboxylic acids is 1. The van der Waals surface area contributed by atoms with Crippen molar-refractivity contribution in [3.8, 4) is 11.1 Å². The third kappa shape index (κ3) is 7.38. The van der Waals surface area contributed by atoms with Crippen molar-refractivity contribution in [1.29, 1.82) is 0 Å². The first-order chi connectivity index (χ1) is 19.5. The van der Waals surface area contributed by atoms with Crippen LogP contribution >= 0.6 is 0 Å². The van der Waals surface area contributed by atoms with Crippen molar-refractivity contribution in [1.82, 2.24) is 30.8 Å². The fourth-order valence-corrected chi connectivity index (χ4v) is 4.91. The first kappa shape index (κ1) is 29.5. The van der Waals surface area contributed by atoms with Crippen LogP contribution in [0.25, 0.3) is 11.1 Å². The number of hydrogen-bond donors (Lipinski definition) is 3. The zero-order valence-electron chi connectivity index (χ0n) is 23.7. The second-order valence-corrected chi connectivity index (χ2v) is 11.0. The number of rotatable bonds is 11. The van der Waals surface area contributed by atoms with Gasteiger partial charge in [-0.25, -0.2) is 19.1 Å². The summed E-state index contributed by atoms with van der Waals surface area (Å²) in [6.07, 6.45) is 0.0429. The highest BCUT2D eigenvalue weighted by Crippen LogP contribution is 2.44. The standard InChI is InChI=1S/C29H36N6O6/c1-18(31-28(39)41-29(2,3)4)25-32-33-34-35(25)24(26(36)37)15-9-10-16-30-27(38)40-17-23-21-13-7-5-11-19(21)20-12-6-8-14-22(20)23/h5-8,11-14,18,23-24H,9-10,15-17H2,1-4H3,(H,30,38)(H,31,39)(H,36,37)/t18-,24?/m0/s1. The summed E-state index contributed by atoms with van der Waals surface area (Å²) < 4.78 is 12.0. The molecule has 1 aliphatic carbocycles. The SMILES string of the molecule is C[C@H](NC(=O)OC(C)(C)C)c1nnnn1C(CCCCNC(=O)OCC1c2ccccc2-c2ccccc21)C(=O)O. The normalized spacial score (nSPS) is 14.0. The zero-order chi connectivity index (χ0) is 29.6. The van der Waals surface area contributed by atoms with Crippen molar-refractivity contribution in [2.24, 2.45) is 0 Å². The van der Waals surface area contributed by atoms with Gasteiger partial charge in [0.2, 0.25) is 0 Å². The lowest BCUT2D eigenvalue weighted by Crippen LogP contribution is -2.35. The number of nitrogens with zero attached hydrogens (tertiary/aromatic N) is 4. The van der Waals surface area contributed by atoms with Crippen LogP contribution in [0.5, 0.6) is 0 Å². The molecule has 1 unspecified atom stereocenters. The molecule has 2 atom stereocenters. The Morgan fingerprint density at radius 3 is 2.24 bits per heavy atom. The summed E-state index contributed by atoms with van der Waals surface area (Å²) in [7, 11) is 0. The smallest absolute Gasteiger partial charge is 0.408 e. The minimum atomic E-state index is -1.10. The zero-order valence-corrected chi connectivity index (χ0v) is 23.7. The van der Waals surface area contributed by atoms with Gasteiger partial charge in [0.15, 0.2) is 11.9 Å². The predicted octanol–water partition coefficient (Wildman–Crippen LogP) is 4.59. The molecule has 2 aromatic carbocycles. The Labute approximate surface area is 238 Å². The summed E-state index contributed by atoms with van der Waals surface area (Å²) in [4.78, 5) is 36.6. The quantitative estimate of drug-likeness (QED) is 0.283. The van der Waals surface area contributed by atoms with Gasteiger partial charge in [-0.2, -0.15) is 0 Å². The van der Waals surface area contributed by atoms with Crippen molar-refractivity contribution < 1.29 is 29.0 Å².